The molecule has 0 saturated carbocycles. The maximum absolute atomic E-state index is 13.7. The highest BCUT2D eigenvalue weighted by Gasteiger charge is 2.39. The van der Waals surface area contributed by atoms with Gasteiger partial charge < -0.3 is 37.6 Å². The first-order valence-electron chi connectivity index (χ1n) is 14.0. The van der Waals surface area contributed by atoms with Crippen LogP contribution in [0, 0.1) is 0 Å². The van der Waals surface area contributed by atoms with Crippen molar-refractivity contribution in [2.24, 2.45) is 11.5 Å². The minimum Gasteiger partial charge on any atom is -0.368 e. The Balaban J connectivity index is 2.11. The Labute approximate surface area is 240 Å². The summed E-state index contributed by atoms with van der Waals surface area (Å²) < 4.78 is 0. The molecule has 1 heterocycles. The number of hydrogen-bond donors (Lipinski definition) is 6. The van der Waals surface area contributed by atoms with Crippen molar-refractivity contribution in [2.75, 3.05) is 13.1 Å². The van der Waals surface area contributed by atoms with Gasteiger partial charge in [-0.1, -0.05) is 30.3 Å². The minimum absolute atomic E-state index is 0.181. The predicted octanol–water partition coefficient (Wildman–Crippen LogP) is -1.17. The van der Waals surface area contributed by atoms with E-state index in [2.05, 4.69) is 21.3 Å². The van der Waals surface area contributed by atoms with Gasteiger partial charge in [-0.25, -0.2) is 0 Å². The van der Waals surface area contributed by atoms with Gasteiger partial charge in [-0.3, -0.25) is 28.8 Å². The van der Waals surface area contributed by atoms with Crippen LogP contribution in [0.1, 0.15) is 58.4 Å². The molecule has 13 heteroatoms. The van der Waals surface area contributed by atoms with Crippen LogP contribution in [0.2, 0.25) is 0 Å². The van der Waals surface area contributed by atoms with Gasteiger partial charge in [0.2, 0.25) is 35.4 Å². The lowest BCUT2D eigenvalue weighted by Gasteiger charge is -2.30. The van der Waals surface area contributed by atoms with Crippen LogP contribution in [-0.4, -0.2) is 83.6 Å². The summed E-state index contributed by atoms with van der Waals surface area (Å²) in [5.74, 6) is -3.14. The zero-order valence-electron chi connectivity index (χ0n) is 24.0. The van der Waals surface area contributed by atoms with Crippen LogP contribution in [0.4, 0.5) is 0 Å². The molecule has 1 aromatic carbocycles. The Kier molecular flexibility index (Phi) is 13.2. The molecule has 226 valence electrons. The van der Waals surface area contributed by atoms with Crippen molar-refractivity contribution >= 4 is 35.4 Å². The second-order valence-corrected chi connectivity index (χ2v) is 10.3. The Bertz CT molecular complexity index is 1080. The van der Waals surface area contributed by atoms with Crippen LogP contribution in [0.3, 0.4) is 0 Å². The fourth-order valence-electron chi connectivity index (χ4n) is 4.67. The molecule has 0 spiro atoms. The zero-order chi connectivity index (χ0) is 30.5. The summed E-state index contributed by atoms with van der Waals surface area (Å²) in [5.41, 5.74) is 11.7. The minimum atomic E-state index is -0.991. The number of rotatable bonds is 15. The molecule has 1 aliphatic rings. The molecule has 2 rings (SSSR count). The Morgan fingerprint density at radius 1 is 0.902 bits per heavy atom. The highest BCUT2D eigenvalue weighted by atomic mass is 16.2. The summed E-state index contributed by atoms with van der Waals surface area (Å²) in [4.78, 5) is 77.0. The third-order valence-electron chi connectivity index (χ3n) is 6.91. The fraction of sp³-hybridized carbons (Fsp3) is 0.571. The molecular weight excluding hydrogens is 530 g/mol. The van der Waals surface area contributed by atoms with Crippen molar-refractivity contribution in [1.82, 2.24) is 26.2 Å². The molecule has 6 amide bonds. The molecule has 1 saturated heterocycles. The first-order valence-corrected chi connectivity index (χ1v) is 14.0. The topological polar surface area (TPSA) is 206 Å². The van der Waals surface area contributed by atoms with Crippen molar-refractivity contribution in [3.05, 3.63) is 35.9 Å². The molecule has 0 radical (unpaired) electrons. The summed E-state index contributed by atoms with van der Waals surface area (Å²) in [6.07, 6.45) is 2.73. The van der Waals surface area contributed by atoms with E-state index in [9.17, 15) is 28.8 Å². The summed E-state index contributed by atoms with van der Waals surface area (Å²) in [7, 11) is 0. The maximum atomic E-state index is 13.7. The first kappa shape index (κ1) is 33.2. The van der Waals surface area contributed by atoms with Gasteiger partial charge in [0.1, 0.15) is 30.2 Å². The Morgan fingerprint density at radius 3 is 2.10 bits per heavy atom. The molecule has 0 aromatic heterocycles. The number of nitrogens with two attached hydrogens (primary N) is 2. The number of hydrogen-bond acceptors (Lipinski definition) is 7. The van der Waals surface area contributed by atoms with E-state index >= 15 is 0 Å². The van der Waals surface area contributed by atoms with Crippen LogP contribution >= 0.6 is 0 Å². The van der Waals surface area contributed by atoms with E-state index in [0.717, 1.165) is 5.56 Å². The molecule has 1 aliphatic heterocycles. The Hall–Kier alpha value is -4.00. The molecule has 41 heavy (non-hydrogen) atoms. The van der Waals surface area contributed by atoms with Gasteiger partial charge in [0.25, 0.3) is 0 Å². The SMILES string of the molecule is CC(=O)N[C@@H](C)C(=O)N[C@@H](Cc1ccccc1)C(=O)N1CCC[C@H]1C(=O)N[C@@H](C)C(=O)N[C@@H](CCCCN)C(N)=O. The molecular formula is C28H43N7O6. The quantitative estimate of drug-likeness (QED) is 0.142. The van der Waals surface area contributed by atoms with Crippen LogP contribution in [0.15, 0.2) is 30.3 Å². The van der Waals surface area contributed by atoms with Crippen molar-refractivity contribution in [2.45, 2.75) is 89.5 Å². The average Bonchev–Trinajstić information content (AvgIpc) is 3.42. The molecule has 5 atom stereocenters. The summed E-state index contributed by atoms with van der Waals surface area (Å²) >= 11 is 0. The van der Waals surface area contributed by atoms with E-state index < -0.39 is 59.7 Å². The lowest BCUT2D eigenvalue weighted by molar-refractivity contribution is -0.142. The third kappa shape index (κ3) is 10.5. The van der Waals surface area contributed by atoms with Gasteiger partial charge in [-0.2, -0.15) is 0 Å². The van der Waals surface area contributed by atoms with Gasteiger partial charge in [0.05, 0.1) is 0 Å². The van der Waals surface area contributed by atoms with Crippen LogP contribution in [-0.2, 0) is 35.2 Å². The first-order chi connectivity index (χ1) is 19.4. The van der Waals surface area contributed by atoms with Gasteiger partial charge in [0, 0.05) is 19.9 Å². The van der Waals surface area contributed by atoms with Crippen LogP contribution in [0.5, 0.6) is 0 Å². The van der Waals surface area contributed by atoms with Crippen LogP contribution < -0.4 is 32.7 Å². The summed E-state index contributed by atoms with van der Waals surface area (Å²) in [5, 5.41) is 10.4. The number of primary amides is 1. The average molecular weight is 574 g/mol. The van der Waals surface area contributed by atoms with Gasteiger partial charge in [-0.05, 0) is 58.1 Å². The summed E-state index contributed by atoms with van der Waals surface area (Å²) in [6, 6.07) is 4.54. The smallest absolute Gasteiger partial charge is 0.246 e. The highest BCUT2D eigenvalue weighted by molar-refractivity contribution is 5.96. The fourth-order valence-corrected chi connectivity index (χ4v) is 4.67. The Morgan fingerprint density at radius 2 is 1.51 bits per heavy atom. The number of carbonyl (C=O) groups is 6. The normalized spacial score (nSPS) is 17.5. The molecule has 0 unspecified atom stereocenters. The van der Waals surface area contributed by atoms with Crippen molar-refractivity contribution in [3.8, 4) is 0 Å². The largest absolute Gasteiger partial charge is 0.368 e. The van der Waals surface area contributed by atoms with E-state index in [-0.39, 0.29) is 12.3 Å². The van der Waals surface area contributed by atoms with Crippen molar-refractivity contribution in [3.63, 3.8) is 0 Å². The number of amides is 6. The molecule has 8 N–H and O–H groups in total. The zero-order valence-corrected chi connectivity index (χ0v) is 24.0. The number of carbonyl (C=O) groups excluding carboxylic acids is 6. The molecule has 0 aliphatic carbocycles. The van der Waals surface area contributed by atoms with Gasteiger partial charge in [0.15, 0.2) is 0 Å². The molecule has 0 bridgehead atoms. The number of unbranched alkanes of at least 4 members (excludes halogenated alkanes) is 1. The number of benzene rings is 1. The van der Waals surface area contributed by atoms with Gasteiger partial charge in [-0.15, -0.1) is 0 Å². The second-order valence-electron chi connectivity index (χ2n) is 10.3. The summed E-state index contributed by atoms with van der Waals surface area (Å²) in [6.45, 7) is 5.03. The second kappa shape index (κ2) is 16.3. The van der Waals surface area contributed by atoms with E-state index in [4.69, 9.17) is 11.5 Å². The van der Waals surface area contributed by atoms with E-state index in [1.807, 2.05) is 30.3 Å². The lowest BCUT2D eigenvalue weighted by atomic mass is 10.0. The van der Waals surface area contributed by atoms with Crippen LogP contribution in [0.25, 0.3) is 0 Å². The lowest BCUT2D eigenvalue weighted by Crippen LogP contribution is -2.58. The predicted molar refractivity (Wildman–Crippen MR) is 152 cm³/mol. The maximum Gasteiger partial charge on any atom is 0.246 e. The molecule has 13 nitrogen and oxygen atoms in total. The number of nitrogens with zero attached hydrogens (tertiary/aromatic N) is 1. The number of nitrogens with one attached hydrogen (secondary N) is 4. The molecule has 1 aromatic rings. The van der Waals surface area contributed by atoms with E-state index in [0.29, 0.717) is 45.2 Å². The number of likely N-dealkylation sites (tertiary alicyclic amines) is 1. The van der Waals surface area contributed by atoms with E-state index in [1.165, 1.54) is 25.7 Å². The highest BCUT2D eigenvalue weighted by Crippen LogP contribution is 2.20. The van der Waals surface area contributed by atoms with E-state index in [1.54, 1.807) is 0 Å². The third-order valence-corrected chi connectivity index (χ3v) is 6.91. The monoisotopic (exact) mass is 573 g/mol. The standard InChI is InChI=1S/C28H43N7O6/c1-17(31-19(3)36)25(38)34-22(16-20-10-5-4-6-11-20)28(41)35-15-9-13-23(35)27(40)32-18(2)26(39)33-21(24(30)37)12-7-8-14-29/h4-6,10-11,17-18,21-23H,7-9,12-16,29H2,1-3H3,(H2,30,37)(H,31,36)(H,32,40)(H,33,39)(H,34,38)/t17-,18-,21-,22-,23-/m0/s1. The van der Waals surface area contributed by atoms with Crippen molar-refractivity contribution < 1.29 is 28.8 Å². The molecule has 1 fully saturated rings. The van der Waals surface area contributed by atoms with Crippen molar-refractivity contribution in [1.29, 1.82) is 0 Å². The van der Waals surface area contributed by atoms with Gasteiger partial charge >= 0.3 is 0 Å².